The Morgan fingerprint density at radius 1 is 1.00 bits per heavy atom. The summed E-state index contributed by atoms with van der Waals surface area (Å²) in [5.74, 6) is -0.170. The number of aryl methyl sites for hydroxylation is 2. The molecule has 2 rings (SSSR count). The summed E-state index contributed by atoms with van der Waals surface area (Å²) in [7, 11) is 1.44. The highest BCUT2D eigenvalue weighted by Gasteiger charge is 2.10. The molecule has 112 valence electrons. The van der Waals surface area contributed by atoms with Gasteiger partial charge in [-0.05, 0) is 49.9 Å². The predicted molar refractivity (Wildman–Crippen MR) is 82.3 cm³/mol. The molecule has 0 heterocycles. The van der Waals surface area contributed by atoms with Crippen LogP contribution in [-0.4, -0.2) is 18.3 Å². The van der Waals surface area contributed by atoms with Crippen LogP contribution in [0.2, 0.25) is 0 Å². The minimum atomic E-state index is -0.529. The molecule has 0 amide bonds. The second-order valence-electron chi connectivity index (χ2n) is 5.53. The van der Waals surface area contributed by atoms with Crippen molar-refractivity contribution in [2.24, 2.45) is 0 Å². The van der Waals surface area contributed by atoms with Crippen LogP contribution in [0.4, 0.5) is 4.39 Å². The van der Waals surface area contributed by atoms with E-state index in [9.17, 15) is 9.50 Å². The minimum absolute atomic E-state index is 0.225. The smallest absolute Gasteiger partial charge is 0.165 e. The molecule has 0 aliphatic heterocycles. The van der Waals surface area contributed by atoms with Crippen LogP contribution in [0.5, 0.6) is 5.75 Å². The second-order valence-corrected chi connectivity index (χ2v) is 5.53. The number of methoxy groups -OCH3 is 1. The first-order chi connectivity index (χ1) is 9.97. The van der Waals surface area contributed by atoms with Gasteiger partial charge in [0, 0.05) is 0 Å². The number of rotatable bonds is 5. The molecule has 0 spiro atoms. The zero-order valence-electron chi connectivity index (χ0n) is 12.7. The van der Waals surface area contributed by atoms with Gasteiger partial charge in [-0.3, -0.25) is 0 Å². The molecule has 2 aromatic carbocycles. The molecule has 0 fully saturated rings. The zero-order chi connectivity index (χ0) is 15.4. The third kappa shape index (κ3) is 4.30. The standard InChI is InChI=1S/C18H21FO2/c1-12-6-13(2)8-15(7-12)10-16(20)9-14-4-5-18(21-3)17(19)11-14/h4-8,11,16,20H,9-10H2,1-3H3. The number of aliphatic hydroxyl groups excluding tert-OH is 1. The zero-order valence-corrected chi connectivity index (χ0v) is 12.7. The fraction of sp³-hybridized carbons (Fsp3) is 0.333. The highest BCUT2D eigenvalue weighted by Crippen LogP contribution is 2.19. The summed E-state index contributed by atoms with van der Waals surface area (Å²) in [4.78, 5) is 0. The Kier molecular flexibility index (Phi) is 4.97. The van der Waals surface area contributed by atoms with Gasteiger partial charge >= 0.3 is 0 Å². The van der Waals surface area contributed by atoms with Gasteiger partial charge in [-0.15, -0.1) is 0 Å². The Morgan fingerprint density at radius 3 is 2.19 bits per heavy atom. The normalized spacial score (nSPS) is 12.2. The number of benzene rings is 2. The monoisotopic (exact) mass is 288 g/mol. The molecule has 3 heteroatoms. The Bertz CT molecular complexity index is 602. The van der Waals surface area contributed by atoms with E-state index in [1.165, 1.54) is 24.3 Å². The summed E-state index contributed by atoms with van der Waals surface area (Å²) in [5.41, 5.74) is 4.25. The third-order valence-electron chi connectivity index (χ3n) is 3.44. The highest BCUT2D eigenvalue weighted by atomic mass is 19.1. The van der Waals surface area contributed by atoms with E-state index >= 15 is 0 Å². The largest absolute Gasteiger partial charge is 0.494 e. The van der Waals surface area contributed by atoms with Gasteiger partial charge in [-0.1, -0.05) is 35.4 Å². The van der Waals surface area contributed by atoms with Crippen molar-refractivity contribution < 1.29 is 14.2 Å². The fourth-order valence-corrected chi connectivity index (χ4v) is 2.64. The maximum Gasteiger partial charge on any atom is 0.165 e. The van der Waals surface area contributed by atoms with Gasteiger partial charge in [-0.2, -0.15) is 0 Å². The Balaban J connectivity index is 2.04. The van der Waals surface area contributed by atoms with Crippen molar-refractivity contribution in [1.82, 2.24) is 0 Å². The minimum Gasteiger partial charge on any atom is -0.494 e. The summed E-state index contributed by atoms with van der Waals surface area (Å²) >= 11 is 0. The molecule has 2 aromatic rings. The van der Waals surface area contributed by atoms with Crippen LogP contribution >= 0.6 is 0 Å². The molecule has 0 aliphatic rings. The summed E-state index contributed by atoms with van der Waals surface area (Å²) in [6, 6.07) is 11.1. The summed E-state index contributed by atoms with van der Waals surface area (Å²) in [6.45, 7) is 4.09. The van der Waals surface area contributed by atoms with Gasteiger partial charge in [0.05, 0.1) is 13.2 Å². The van der Waals surface area contributed by atoms with E-state index in [4.69, 9.17) is 4.74 Å². The molecular formula is C18H21FO2. The first-order valence-corrected chi connectivity index (χ1v) is 7.05. The van der Waals surface area contributed by atoms with Crippen LogP contribution in [-0.2, 0) is 12.8 Å². The van der Waals surface area contributed by atoms with E-state index in [0.717, 1.165) is 11.1 Å². The summed E-state index contributed by atoms with van der Waals surface area (Å²) in [6.07, 6.45) is 0.461. The number of hydrogen-bond donors (Lipinski definition) is 1. The van der Waals surface area contributed by atoms with Crippen molar-refractivity contribution in [2.75, 3.05) is 7.11 Å². The van der Waals surface area contributed by atoms with Crippen molar-refractivity contribution in [3.8, 4) is 5.75 Å². The maximum absolute atomic E-state index is 13.6. The Morgan fingerprint density at radius 2 is 1.62 bits per heavy atom. The lowest BCUT2D eigenvalue weighted by Crippen LogP contribution is -2.14. The highest BCUT2D eigenvalue weighted by molar-refractivity contribution is 5.31. The lowest BCUT2D eigenvalue weighted by molar-refractivity contribution is 0.175. The molecule has 0 saturated heterocycles. The quantitative estimate of drug-likeness (QED) is 0.911. The molecule has 0 aliphatic carbocycles. The Hall–Kier alpha value is -1.87. The predicted octanol–water partition coefficient (Wildman–Crippen LogP) is 3.60. The second kappa shape index (κ2) is 6.72. The van der Waals surface area contributed by atoms with Gasteiger partial charge in [0.2, 0.25) is 0 Å². The van der Waals surface area contributed by atoms with Crippen molar-refractivity contribution in [1.29, 1.82) is 0 Å². The summed E-state index contributed by atoms with van der Waals surface area (Å²) in [5, 5.41) is 10.2. The SMILES string of the molecule is COc1ccc(CC(O)Cc2cc(C)cc(C)c2)cc1F. The van der Waals surface area contributed by atoms with Crippen LogP contribution in [0.15, 0.2) is 36.4 Å². The number of aliphatic hydroxyl groups is 1. The van der Waals surface area contributed by atoms with Crippen molar-refractivity contribution in [3.05, 3.63) is 64.5 Å². The molecule has 0 bridgehead atoms. The molecule has 1 unspecified atom stereocenters. The van der Waals surface area contributed by atoms with Gasteiger partial charge < -0.3 is 9.84 Å². The fourth-order valence-electron chi connectivity index (χ4n) is 2.64. The van der Waals surface area contributed by atoms with Crippen LogP contribution in [0.1, 0.15) is 22.3 Å². The maximum atomic E-state index is 13.6. The van der Waals surface area contributed by atoms with Gasteiger partial charge in [0.25, 0.3) is 0 Å². The van der Waals surface area contributed by atoms with Crippen LogP contribution in [0.3, 0.4) is 0 Å². The Labute approximate surface area is 125 Å². The first-order valence-electron chi connectivity index (χ1n) is 7.05. The van der Waals surface area contributed by atoms with Gasteiger partial charge in [0.15, 0.2) is 11.6 Å². The molecule has 21 heavy (non-hydrogen) atoms. The van der Waals surface area contributed by atoms with Crippen molar-refractivity contribution >= 4 is 0 Å². The van der Waals surface area contributed by atoms with Crippen molar-refractivity contribution in [3.63, 3.8) is 0 Å². The molecule has 0 radical (unpaired) electrons. The lowest BCUT2D eigenvalue weighted by Gasteiger charge is -2.13. The lowest BCUT2D eigenvalue weighted by atomic mass is 9.98. The van der Waals surface area contributed by atoms with E-state index in [0.29, 0.717) is 12.8 Å². The van der Waals surface area contributed by atoms with E-state index < -0.39 is 11.9 Å². The average Bonchev–Trinajstić information content (AvgIpc) is 2.37. The van der Waals surface area contributed by atoms with Crippen LogP contribution in [0.25, 0.3) is 0 Å². The molecule has 0 aromatic heterocycles. The van der Waals surface area contributed by atoms with Crippen LogP contribution in [0, 0.1) is 19.7 Å². The first kappa shape index (κ1) is 15.5. The topological polar surface area (TPSA) is 29.5 Å². The molecular weight excluding hydrogens is 267 g/mol. The van der Waals surface area contributed by atoms with E-state index in [1.807, 2.05) is 13.8 Å². The number of ether oxygens (including phenoxy) is 1. The summed E-state index contributed by atoms with van der Waals surface area (Å²) < 4.78 is 18.5. The molecule has 1 atom stereocenters. The van der Waals surface area contributed by atoms with E-state index in [2.05, 4.69) is 18.2 Å². The van der Waals surface area contributed by atoms with E-state index in [1.54, 1.807) is 12.1 Å². The van der Waals surface area contributed by atoms with Gasteiger partial charge in [0.1, 0.15) is 0 Å². The number of halogens is 1. The van der Waals surface area contributed by atoms with Crippen LogP contribution < -0.4 is 4.74 Å². The molecule has 1 N–H and O–H groups in total. The third-order valence-corrected chi connectivity index (χ3v) is 3.44. The van der Waals surface area contributed by atoms with Crippen molar-refractivity contribution in [2.45, 2.75) is 32.8 Å². The molecule has 0 saturated carbocycles. The van der Waals surface area contributed by atoms with E-state index in [-0.39, 0.29) is 5.75 Å². The molecule has 2 nitrogen and oxygen atoms in total. The average molecular weight is 288 g/mol. The number of hydrogen-bond acceptors (Lipinski definition) is 2. The van der Waals surface area contributed by atoms with Gasteiger partial charge in [-0.25, -0.2) is 4.39 Å².